The van der Waals surface area contributed by atoms with E-state index in [1.165, 1.54) is 12.1 Å². The van der Waals surface area contributed by atoms with Crippen molar-refractivity contribution < 1.29 is 8.81 Å². The van der Waals surface area contributed by atoms with Gasteiger partial charge in [0.1, 0.15) is 5.82 Å². The van der Waals surface area contributed by atoms with E-state index in [2.05, 4.69) is 15.5 Å². The second kappa shape index (κ2) is 5.75. The summed E-state index contributed by atoms with van der Waals surface area (Å²) in [7, 11) is 0. The van der Waals surface area contributed by atoms with Gasteiger partial charge in [0.2, 0.25) is 11.8 Å². The van der Waals surface area contributed by atoms with Crippen molar-refractivity contribution in [2.45, 2.75) is 26.4 Å². The maximum Gasteiger partial charge on any atom is 0.248 e. The van der Waals surface area contributed by atoms with Crippen LogP contribution in [0, 0.1) is 9.39 Å². The number of hydrogen-bond acceptors (Lipinski definition) is 4. The Morgan fingerprint density at radius 2 is 2.17 bits per heavy atom. The van der Waals surface area contributed by atoms with Crippen LogP contribution in [0.3, 0.4) is 0 Å². The van der Waals surface area contributed by atoms with Gasteiger partial charge < -0.3 is 9.73 Å². The van der Waals surface area contributed by atoms with Crippen LogP contribution in [0.15, 0.2) is 22.6 Å². The molecule has 1 heterocycles. The van der Waals surface area contributed by atoms with Crippen molar-refractivity contribution in [2.24, 2.45) is 0 Å². The Morgan fingerprint density at radius 1 is 1.39 bits per heavy atom. The molecule has 0 fully saturated rings. The molecule has 4 nitrogen and oxygen atoms in total. The minimum absolute atomic E-state index is 0.274. The van der Waals surface area contributed by atoms with Crippen molar-refractivity contribution in [3.8, 4) is 11.5 Å². The summed E-state index contributed by atoms with van der Waals surface area (Å²) in [6.45, 7) is 4.61. The summed E-state index contributed by atoms with van der Waals surface area (Å²) < 4.78 is 19.3. The maximum atomic E-state index is 13.0. The standard InChI is InChI=1S/C12H13FIN3O/c1-7(2)15-6-11-16-17-12(18-11)9-4-3-8(13)5-10(9)14/h3-5,7,15H,6H2,1-2H3. The lowest BCUT2D eigenvalue weighted by molar-refractivity contribution is 0.458. The van der Waals surface area contributed by atoms with Crippen molar-refractivity contribution in [3.63, 3.8) is 0 Å². The molecule has 0 aliphatic heterocycles. The van der Waals surface area contributed by atoms with Gasteiger partial charge in [-0.3, -0.25) is 0 Å². The predicted octanol–water partition coefficient (Wildman–Crippen LogP) is 2.98. The van der Waals surface area contributed by atoms with E-state index in [0.717, 1.165) is 9.13 Å². The van der Waals surface area contributed by atoms with Crippen LogP contribution in [0.2, 0.25) is 0 Å². The van der Waals surface area contributed by atoms with Gasteiger partial charge in [-0.05, 0) is 40.8 Å². The Hall–Kier alpha value is -1.02. The number of benzene rings is 1. The molecule has 18 heavy (non-hydrogen) atoms. The van der Waals surface area contributed by atoms with E-state index in [0.29, 0.717) is 24.4 Å². The summed E-state index contributed by atoms with van der Waals surface area (Å²) in [6.07, 6.45) is 0. The molecule has 0 spiro atoms. The average Bonchev–Trinajstić information content (AvgIpc) is 2.75. The lowest BCUT2D eigenvalue weighted by Crippen LogP contribution is -2.21. The molecule has 2 aromatic rings. The summed E-state index contributed by atoms with van der Waals surface area (Å²) >= 11 is 2.05. The van der Waals surface area contributed by atoms with E-state index in [9.17, 15) is 4.39 Å². The smallest absolute Gasteiger partial charge is 0.248 e. The van der Waals surface area contributed by atoms with Gasteiger partial charge in [0.05, 0.1) is 12.1 Å². The summed E-state index contributed by atoms with van der Waals surface area (Å²) in [5.74, 6) is 0.670. The highest BCUT2D eigenvalue weighted by Gasteiger charge is 2.12. The summed E-state index contributed by atoms with van der Waals surface area (Å²) in [5, 5.41) is 11.1. The quantitative estimate of drug-likeness (QED) is 0.851. The maximum absolute atomic E-state index is 13.0. The number of halogens is 2. The van der Waals surface area contributed by atoms with Gasteiger partial charge in [-0.25, -0.2) is 4.39 Å². The first-order valence-corrected chi connectivity index (χ1v) is 6.65. The van der Waals surface area contributed by atoms with Crippen LogP contribution in [-0.4, -0.2) is 16.2 Å². The van der Waals surface area contributed by atoms with Crippen LogP contribution in [0.4, 0.5) is 4.39 Å². The first-order valence-electron chi connectivity index (χ1n) is 5.57. The fraction of sp³-hybridized carbons (Fsp3) is 0.333. The molecular weight excluding hydrogens is 348 g/mol. The third kappa shape index (κ3) is 3.26. The molecule has 0 saturated heterocycles. The van der Waals surface area contributed by atoms with Gasteiger partial charge in [0.25, 0.3) is 0 Å². The van der Waals surface area contributed by atoms with Crippen molar-refractivity contribution in [1.82, 2.24) is 15.5 Å². The molecule has 1 N–H and O–H groups in total. The normalized spacial score (nSPS) is 11.2. The third-order valence-electron chi connectivity index (χ3n) is 2.29. The molecule has 0 aliphatic rings. The monoisotopic (exact) mass is 361 g/mol. The molecule has 2 rings (SSSR count). The van der Waals surface area contributed by atoms with Crippen molar-refractivity contribution >= 4 is 22.6 Å². The SMILES string of the molecule is CC(C)NCc1nnc(-c2ccc(F)cc2I)o1. The van der Waals surface area contributed by atoms with Gasteiger partial charge in [-0.2, -0.15) is 0 Å². The van der Waals surface area contributed by atoms with Crippen LogP contribution < -0.4 is 5.32 Å². The molecule has 0 unspecified atom stereocenters. The second-order valence-corrected chi connectivity index (χ2v) is 5.32. The van der Waals surface area contributed by atoms with Crippen LogP contribution in [0.5, 0.6) is 0 Å². The fourth-order valence-electron chi connectivity index (χ4n) is 1.39. The first-order chi connectivity index (χ1) is 8.56. The van der Waals surface area contributed by atoms with Gasteiger partial charge in [-0.15, -0.1) is 10.2 Å². The third-order valence-corrected chi connectivity index (χ3v) is 3.18. The molecule has 0 aliphatic carbocycles. The Labute approximate surface area is 118 Å². The minimum Gasteiger partial charge on any atom is -0.419 e. The predicted molar refractivity (Wildman–Crippen MR) is 74.4 cm³/mol. The van der Waals surface area contributed by atoms with E-state index < -0.39 is 0 Å². The topological polar surface area (TPSA) is 51.0 Å². The molecule has 0 amide bonds. The van der Waals surface area contributed by atoms with Gasteiger partial charge >= 0.3 is 0 Å². The number of nitrogens with zero attached hydrogens (tertiary/aromatic N) is 2. The largest absolute Gasteiger partial charge is 0.419 e. The number of aromatic nitrogens is 2. The molecule has 1 aromatic carbocycles. The average molecular weight is 361 g/mol. The summed E-state index contributed by atoms with van der Waals surface area (Å²) in [6, 6.07) is 4.82. The molecule has 6 heteroatoms. The van der Waals surface area contributed by atoms with E-state index in [1.807, 2.05) is 36.4 Å². The Kier molecular flexibility index (Phi) is 4.28. The molecule has 1 aromatic heterocycles. The Morgan fingerprint density at radius 3 is 2.83 bits per heavy atom. The van der Waals surface area contributed by atoms with Crippen LogP contribution >= 0.6 is 22.6 Å². The van der Waals surface area contributed by atoms with Crippen molar-refractivity contribution in [2.75, 3.05) is 0 Å². The Bertz CT molecular complexity index is 542. The highest BCUT2D eigenvalue weighted by Crippen LogP contribution is 2.24. The lowest BCUT2D eigenvalue weighted by Gasteiger charge is -2.03. The number of hydrogen-bond donors (Lipinski definition) is 1. The summed E-state index contributed by atoms with van der Waals surface area (Å²) in [5.41, 5.74) is 0.750. The molecule has 0 saturated carbocycles. The van der Waals surface area contributed by atoms with Crippen LogP contribution in [-0.2, 0) is 6.54 Å². The van der Waals surface area contributed by atoms with E-state index in [-0.39, 0.29) is 5.82 Å². The second-order valence-electron chi connectivity index (χ2n) is 4.16. The zero-order valence-corrected chi connectivity index (χ0v) is 12.2. The van der Waals surface area contributed by atoms with E-state index in [4.69, 9.17) is 4.42 Å². The van der Waals surface area contributed by atoms with Gasteiger partial charge in [0, 0.05) is 9.61 Å². The zero-order valence-electron chi connectivity index (χ0n) is 10.1. The van der Waals surface area contributed by atoms with Gasteiger partial charge in [-0.1, -0.05) is 13.8 Å². The molecular formula is C12H13FIN3O. The molecule has 96 valence electrons. The minimum atomic E-state index is -0.274. The molecule has 0 radical (unpaired) electrons. The zero-order chi connectivity index (χ0) is 13.1. The van der Waals surface area contributed by atoms with Crippen molar-refractivity contribution in [1.29, 1.82) is 0 Å². The lowest BCUT2D eigenvalue weighted by atomic mass is 10.2. The highest BCUT2D eigenvalue weighted by atomic mass is 127. The van der Waals surface area contributed by atoms with E-state index in [1.54, 1.807) is 6.07 Å². The Balaban J connectivity index is 2.18. The molecule has 0 atom stereocenters. The first kappa shape index (κ1) is 13.4. The van der Waals surface area contributed by atoms with Gasteiger partial charge in [0.15, 0.2) is 0 Å². The number of nitrogens with one attached hydrogen (secondary N) is 1. The summed E-state index contributed by atoms with van der Waals surface area (Å²) in [4.78, 5) is 0. The van der Waals surface area contributed by atoms with E-state index >= 15 is 0 Å². The van der Waals surface area contributed by atoms with Crippen LogP contribution in [0.25, 0.3) is 11.5 Å². The highest BCUT2D eigenvalue weighted by molar-refractivity contribution is 14.1. The van der Waals surface area contributed by atoms with Crippen LogP contribution in [0.1, 0.15) is 19.7 Å². The fourth-order valence-corrected chi connectivity index (χ4v) is 2.10. The molecule has 0 bridgehead atoms. The van der Waals surface area contributed by atoms with Crippen molar-refractivity contribution in [3.05, 3.63) is 33.5 Å². The number of rotatable bonds is 4.